The number of tetrazole rings is 1. The van der Waals surface area contributed by atoms with E-state index in [9.17, 15) is 13.2 Å². The Morgan fingerprint density at radius 1 is 1.10 bits per heavy atom. The SMILES string of the molecule is CCC(NS(=O)(=O)c1ccc(Cl)cc1)C(=O)Cn1nnc(Cc2c(Cl)cccc2Cl)n1. The zero-order valence-electron chi connectivity index (χ0n) is 16.3. The minimum Gasteiger partial charge on any atom is -0.296 e. The molecule has 2 aromatic carbocycles. The minimum absolute atomic E-state index is 0.0148. The van der Waals surface area contributed by atoms with Crippen molar-refractivity contribution in [1.29, 1.82) is 0 Å². The normalized spacial score (nSPS) is 12.6. The maximum absolute atomic E-state index is 12.7. The Morgan fingerprint density at radius 2 is 1.74 bits per heavy atom. The van der Waals surface area contributed by atoms with Crippen molar-refractivity contribution in [3.8, 4) is 0 Å². The highest BCUT2D eigenvalue weighted by Gasteiger charge is 2.25. The van der Waals surface area contributed by atoms with Gasteiger partial charge in [0.05, 0.1) is 10.9 Å². The molecule has 0 saturated heterocycles. The van der Waals surface area contributed by atoms with E-state index in [2.05, 4.69) is 20.1 Å². The van der Waals surface area contributed by atoms with E-state index in [1.807, 2.05) is 0 Å². The fourth-order valence-corrected chi connectivity index (χ4v) is 4.73. The molecule has 31 heavy (non-hydrogen) atoms. The summed E-state index contributed by atoms with van der Waals surface area (Å²) < 4.78 is 27.5. The van der Waals surface area contributed by atoms with Gasteiger partial charge < -0.3 is 0 Å². The molecule has 3 rings (SSSR count). The Morgan fingerprint density at radius 3 is 2.35 bits per heavy atom. The van der Waals surface area contributed by atoms with Crippen molar-refractivity contribution in [3.63, 3.8) is 0 Å². The standard InChI is InChI=1S/C19H18Cl3N5O3S/c1-2-17(25-31(29,30)13-8-6-12(20)7-9-13)18(28)11-27-24-19(23-26-27)10-14-15(21)4-3-5-16(14)22/h3-9,17,25H,2,10-11H2,1H3. The van der Waals surface area contributed by atoms with Crippen LogP contribution in [0.4, 0.5) is 0 Å². The Labute approximate surface area is 194 Å². The zero-order valence-corrected chi connectivity index (χ0v) is 19.4. The van der Waals surface area contributed by atoms with E-state index in [-0.39, 0.29) is 24.3 Å². The third kappa shape index (κ3) is 6.02. The average Bonchev–Trinajstić information content (AvgIpc) is 3.16. The van der Waals surface area contributed by atoms with E-state index >= 15 is 0 Å². The van der Waals surface area contributed by atoms with Crippen LogP contribution in [0.5, 0.6) is 0 Å². The molecule has 12 heteroatoms. The molecular formula is C19H18Cl3N5O3S. The van der Waals surface area contributed by atoms with E-state index in [0.29, 0.717) is 26.5 Å². The van der Waals surface area contributed by atoms with Gasteiger partial charge in [0.15, 0.2) is 11.6 Å². The smallest absolute Gasteiger partial charge is 0.241 e. The molecule has 0 spiro atoms. The number of nitrogens with zero attached hydrogens (tertiary/aromatic N) is 4. The lowest BCUT2D eigenvalue weighted by Crippen LogP contribution is -2.42. The molecule has 1 N–H and O–H groups in total. The summed E-state index contributed by atoms with van der Waals surface area (Å²) in [6.45, 7) is 1.46. The molecular weight excluding hydrogens is 485 g/mol. The lowest BCUT2D eigenvalue weighted by molar-refractivity contribution is -0.121. The van der Waals surface area contributed by atoms with Crippen LogP contribution in [0.15, 0.2) is 47.4 Å². The fraction of sp³-hybridized carbons (Fsp3) is 0.263. The number of aromatic nitrogens is 4. The number of carbonyl (C=O) groups excluding carboxylic acids is 1. The predicted octanol–water partition coefficient (Wildman–Crippen LogP) is 3.55. The van der Waals surface area contributed by atoms with Crippen LogP contribution in [0.3, 0.4) is 0 Å². The fourth-order valence-electron chi connectivity index (χ4n) is 2.77. The van der Waals surface area contributed by atoms with E-state index in [0.717, 1.165) is 4.80 Å². The zero-order chi connectivity index (χ0) is 22.6. The summed E-state index contributed by atoms with van der Waals surface area (Å²) in [7, 11) is -3.90. The van der Waals surface area contributed by atoms with Crippen molar-refractivity contribution in [2.75, 3.05) is 0 Å². The first-order valence-corrected chi connectivity index (χ1v) is 11.8. The van der Waals surface area contributed by atoms with Crippen molar-refractivity contribution < 1.29 is 13.2 Å². The number of rotatable bonds is 9. The van der Waals surface area contributed by atoms with E-state index in [1.165, 1.54) is 24.3 Å². The number of nitrogens with one attached hydrogen (secondary N) is 1. The maximum Gasteiger partial charge on any atom is 0.241 e. The van der Waals surface area contributed by atoms with Gasteiger partial charge in [-0.15, -0.1) is 10.2 Å². The van der Waals surface area contributed by atoms with Gasteiger partial charge in [-0.2, -0.15) is 4.80 Å². The predicted molar refractivity (Wildman–Crippen MR) is 118 cm³/mol. The highest BCUT2D eigenvalue weighted by molar-refractivity contribution is 7.89. The number of sulfonamides is 1. The van der Waals surface area contributed by atoms with E-state index in [1.54, 1.807) is 25.1 Å². The summed E-state index contributed by atoms with van der Waals surface area (Å²) in [6, 6.07) is 9.85. The number of benzene rings is 2. The third-order valence-electron chi connectivity index (χ3n) is 4.41. The second-order valence-corrected chi connectivity index (χ2v) is 9.58. The van der Waals surface area contributed by atoms with Gasteiger partial charge in [-0.3, -0.25) is 4.79 Å². The van der Waals surface area contributed by atoms with Crippen LogP contribution >= 0.6 is 34.8 Å². The molecule has 1 heterocycles. The van der Waals surface area contributed by atoms with Gasteiger partial charge in [-0.05, 0) is 53.6 Å². The van der Waals surface area contributed by atoms with Crippen LogP contribution in [0.1, 0.15) is 24.7 Å². The quantitative estimate of drug-likeness (QED) is 0.479. The summed E-state index contributed by atoms with van der Waals surface area (Å²) in [5.74, 6) is -0.0719. The monoisotopic (exact) mass is 501 g/mol. The number of Topliss-reactive ketones (excluding diaryl/α,β-unsaturated/α-hetero) is 1. The molecule has 1 unspecified atom stereocenters. The van der Waals surface area contributed by atoms with Gasteiger partial charge >= 0.3 is 0 Å². The molecule has 0 radical (unpaired) electrons. The summed E-state index contributed by atoms with van der Waals surface area (Å²) in [5.41, 5.74) is 0.652. The molecule has 1 atom stereocenters. The maximum atomic E-state index is 12.7. The van der Waals surface area contributed by atoms with Crippen LogP contribution < -0.4 is 4.72 Å². The summed E-state index contributed by atoms with van der Waals surface area (Å²) in [4.78, 5) is 13.8. The van der Waals surface area contributed by atoms with Crippen molar-refractivity contribution in [2.45, 2.75) is 37.2 Å². The summed E-state index contributed by atoms with van der Waals surface area (Å²) in [6.07, 6.45) is 0.496. The molecule has 0 aliphatic rings. The second kappa shape index (κ2) is 10.1. The molecule has 0 amide bonds. The first-order valence-electron chi connectivity index (χ1n) is 9.19. The molecule has 0 saturated carbocycles. The molecule has 0 bridgehead atoms. The first kappa shape index (κ1) is 23.6. The van der Waals surface area contributed by atoms with Gasteiger partial charge in [0.1, 0.15) is 6.54 Å². The number of halogens is 3. The van der Waals surface area contributed by atoms with Gasteiger partial charge in [-0.1, -0.05) is 47.8 Å². The lowest BCUT2D eigenvalue weighted by atomic mass is 10.1. The van der Waals surface area contributed by atoms with Crippen LogP contribution in [0.25, 0.3) is 0 Å². The largest absolute Gasteiger partial charge is 0.296 e. The Balaban J connectivity index is 1.68. The Bertz CT molecular complexity index is 1160. The van der Waals surface area contributed by atoms with Gasteiger partial charge in [-0.25, -0.2) is 13.1 Å². The Hall–Kier alpha value is -2.04. The van der Waals surface area contributed by atoms with Crippen LogP contribution in [0.2, 0.25) is 15.1 Å². The van der Waals surface area contributed by atoms with Crippen LogP contribution in [0, 0.1) is 0 Å². The highest BCUT2D eigenvalue weighted by Crippen LogP contribution is 2.25. The Kier molecular flexibility index (Phi) is 7.66. The van der Waals surface area contributed by atoms with Crippen molar-refractivity contribution in [1.82, 2.24) is 24.9 Å². The van der Waals surface area contributed by atoms with Crippen molar-refractivity contribution in [3.05, 3.63) is 68.9 Å². The van der Waals surface area contributed by atoms with Crippen LogP contribution in [-0.2, 0) is 27.8 Å². The molecule has 0 aliphatic heterocycles. The number of hydrogen-bond acceptors (Lipinski definition) is 6. The number of ketones is 1. The lowest BCUT2D eigenvalue weighted by Gasteiger charge is -2.15. The van der Waals surface area contributed by atoms with Gasteiger partial charge in [0, 0.05) is 21.5 Å². The van der Waals surface area contributed by atoms with Crippen LogP contribution in [-0.4, -0.2) is 40.5 Å². The highest BCUT2D eigenvalue weighted by atomic mass is 35.5. The average molecular weight is 503 g/mol. The third-order valence-corrected chi connectivity index (χ3v) is 6.85. The molecule has 1 aromatic heterocycles. The molecule has 0 fully saturated rings. The number of hydrogen-bond donors (Lipinski definition) is 1. The summed E-state index contributed by atoms with van der Waals surface area (Å²) in [5, 5.41) is 13.3. The minimum atomic E-state index is -3.90. The topological polar surface area (TPSA) is 107 Å². The van der Waals surface area contributed by atoms with Crippen molar-refractivity contribution >= 4 is 50.6 Å². The second-order valence-electron chi connectivity index (χ2n) is 6.62. The summed E-state index contributed by atoms with van der Waals surface area (Å²) >= 11 is 18.1. The van der Waals surface area contributed by atoms with E-state index < -0.39 is 21.8 Å². The molecule has 164 valence electrons. The molecule has 0 aliphatic carbocycles. The molecule has 3 aromatic rings. The first-order chi connectivity index (χ1) is 14.7. The van der Waals surface area contributed by atoms with E-state index in [4.69, 9.17) is 34.8 Å². The molecule has 8 nitrogen and oxygen atoms in total. The van der Waals surface area contributed by atoms with Gasteiger partial charge in [0.25, 0.3) is 0 Å². The van der Waals surface area contributed by atoms with Gasteiger partial charge in [0.2, 0.25) is 10.0 Å². The van der Waals surface area contributed by atoms with Crippen molar-refractivity contribution in [2.24, 2.45) is 0 Å². The number of carbonyl (C=O) groups is 1.